The van der Waals surface area contributed by atoms with Crippen molar-refractivity contribution < 1.29 is 14.3 Å². The molecule has 0 saturated carbocycles. The second kappa shape index (κ2) is 10.8. The van der Waals surface area contributed by atoms with Crippen molar-refractivity contribution in [3.63, 3.8) is 0 Å². The predicted octanol–water partition coefficient (Wildman–Crippen LogP) is 5.30. The Bertz CT molecular complexity index is 1200. The molecule has 0 aliphatic carbocycles. The van der Waals surface area contributed by atoms with E-state index in [1.54, 1.807) is 25.1 Å². The summed E-state index contributed by atoms with van der Waals surface area (Å²) in [5.74, 6) is -0.630. The lowest BCUT2D eigenvalue weighted by atomic mass is 9.99. The summed E-state index contributed by atoms with van der Waals surface area (Å²) in [5, 5.41) is 9.78. The lowest BCUT2D eigenvalue weighted by Gasteiger charge is -2.15. The maximum Gasteiger partial charge on any atom is 0.338 e. The first-order chi connectivity index (χ1) is 16.6. The first-order valence-corrected chi connectivity index (χ1v) is 11.6. The average Bonchev–Trinajstić information content (AvgIpc) is 3.19. The molecular formula is C28H29N3O3. The molecule has 34 heavy (non-hydrogen) atoms. The Labute approximate surface area is 200 Å². The molecule has 0 unspecified atom stereocenters. The molecule has 0 atom stereocenters. The molecule has 174 valence electrons. The van der Waals surface area contributed by atoms with Gasteiger partial charge in [0.2, 0.25) is 0 Å². The fourth-order valence-electron chi connectivity index (χ4n) is 3.91. The van der Waals surface area contributed by atoms with Gasteiger partial charge in [-0.05, 0) is 55.3 Å². The van der Waals surface area contributed by atoms with Crippen LogP contribution in [0.15, 0.2) is 72.8 Å². The van der Waals surface area contributed by atoms with Crippen LogP contribution in [0.3, 0.4) is 0 Å². The lowest BCUT2D eigenvalue weighted by molar-refractivity contribution is -0.110. The molecule has 1 heterocycles. The van der Waals surface area contributed by atoms with Gasteiger partial charge in [-0.15, -0.1) is 0 Å². The molecule has 3 N–H and O–H groups in total. The van der Waals surface area contributed by atoms with Gasteiger partial charge in [0.1, 0.15) is 0 Å². The van der Waals surface area contributed by atoms with Gasteiger partial charge in [-0.1, -0.05) is 55.5 Å². The monoisotopic (exact) mass is 455 g/mol. The van der Waals surface area contributed by atoms with Crippen molar-refractivity contribution >= 4 is 34.5 Å². The minimum Gasteiger partial charge on any atom is -0.462 e. The lowest BCUT2D eigenvalue weighted by Crippen LogP contribution is -2.13. The third-order valence-electron chi connectivity index (χ3n) is 5.57. The molecule has 3 aromatic carbocycles. The summed E-state index contributed by atoms with van der Waals surface area (Å²) in [7, 11) is 0. The average molecular weight is 456 g/mol. The number of ether oxygens (including phenoxy) is 1. The quantitative estimate of drug-likeness (QED) is 0.232. The van der Waals surface area contributed by atoms with E-state index < -0.39 is 5.97 Å². The SMILES string of the molecule is CCCNCc1ccc(N/C(=C2\C(=O)Nc3cc(C(=O)OCC)ccc32)c2ccccc2)cc1. The standard InChI is InChI=1S/C28H29N3O3/c1-3-16-29-18-19-10-13-22(14-11-19)30-26(20-8-6-5-7-9-20)25-23-15-12-21(28(33)34-4-2)17-24(23)31-27(25)32/h5-15,17,29-30H,3-4,16,18H2,1-2H3,(H,31,32)/b26-25-. The van der Waals surface area contributed by atoms with Gasteiger partial charge in [-0.3, -0.25) is 4.79 Å². The van der Waals surface area contributed by atoms with Crippen LogP contribution in [0.1, 0.15) is 47.3 Å². The molecule has 4 rings (SSSR count). The highest BCUT2D eigenvalue weighted by Gasteiger charge is 2.29. The molecular weight excluding hydrogens is 426 g/mol. The third-order valence-corrected chi connectivity index (χ3v) is 5.57. The molecule has 0 saturated heterocycles. The zero-order chi connectivity index (χ0) is 23.9. The highest BCUT2D eigenvalue weighted by molar-refractivity contribution is 6.37. The van der Waals surface area contributed by atoms with Crippen molar-refractivity contribution in [2.24, 2.45) is 0 Å². The Morgan fingerprint density at radius 3 is 2.41 bits per heavy atom. The van der Waals surface area contributed by atoms with E-state index in [9.17, 15) is 9.59 Å². The summed E-state index contributed by atoms with van der Waals surface area (Å²) in [6.45, 7) is 6.01. The molecule has 3 aromatic rings. The van der Waals surface area contributed by atoms with Crippen molar-refractivity contribution in [3.05, 3.63) is 95.1 Å². The predicted molar refractivity (Wildman–Crippen MR) is 136 cm³/mol. The van der Waals surface area contributed by atoms with Crippen LogP contribution in [0.25, 0.3) is 11.3 Å². The Kier molecular flexibility index (Phi) is 7.40. The topological polar surface area (TPSA) is 79.5 Å². The Hall–Kier alpha value is -3.90. The Balaban J connectivity index is 1.70. The number of carbonyl (C=O) groups excluding carboxylic acids is 2. The number of rotatable bonds is 9. The zero-order valence-electron chi connectivity index (χ0n) is 19.5. The maximum absolute atomic E-state index is 13.1. The molecule has 6 heteroatoms. The minimum atomic E-state index is -0.410. The van der Waals surface area contributed by atoms with Gasteiger partial charge in [-0.25, -0.2) is 4.79 Å². The molecule has 1 aliphatic heterocycles. The third kappa shape index (κ3) is 5.18. The van der Waals surface area contributed by atoms with Crippen LogP contribution in [-0.2, 0) is 16.1 Å². The summed E-state index contributed by atoms with van der Waals surface area (Å²) < 4.78 is 5.10. The van der Waals surface area contributed by atoms with E-state index in [1.807, 2.05) is 42.5 Å². The number of fused-ring (bicyclic) bond motifs is 1. The maximum atomic E-state index is 13.1. The summed E-state index contributed by atoms with van der Waals surface area (Å²) in [6.07, 6.45) is 1.10. The zero-order valence-corrected chi connectivity index (χ0v) is 19.5. The number of hydrogen-bond acceptors (Lipinski definition) is 5. The van der Waals surface area contributed by atoms with Gasteiger partial charge < -0.3 is 20.7 Å². The van der Waals surface area contributed by atoms with Crippen LogP contribution in [0, 0.1) is 0 Å². The molecule has 0 aromatic heterocycles. The fourth-order valence-corrected chi connectivity index (χ4v) is 3.91. The van der Waals surface area contributed by atoms with Gasteiger partial charge in [-0.2, -0.15) is 0 Å². The molecule has 6 nitrogen and oxygen atoms in total. The van der Waals surface area contributed by atoms with Crippen LogP contribution in [0.2, 0.25) is 0 Å². The highest BCUT2D eigenvalue weighted by atomic mass is 16.5. The summed E-state index contributed by atoms with van der Waals surface area (Å²) >= 11 is 0. The van der Waals surface area contributed by atoms with E-state index in [0.29, 0.717) is 29.1 Å². The second-order valence-corrected chi connectivity index (χ2v) is 8.05. The molecule has 0 fully saturated rings. The molecule has 0 spiro atoms. The number of amides is 1. The molecule has 1 aliphatic rings. The van der Waals surface area contributed by atoms with Gasteiger partial charge in [0.05, 0.1) is 29.1 Å². The van der Waals surface area contributed by atoms with Crippen LogP contribution in [0.4, 0.5) is 11.4 Å². The first-order valence-electron chi connectivity index (χ1n) is 11.6. The minimum absolute atomic E-state index is 0.220. The summed E-state index contributed by atoms with van der Waals surface area (Å²) in [4.78, 5) is 25.3. The second-order valence-electron chi connectivity index (χ2n) is 8.05. The van der Waals surface area contributed by atoms with Crippen molar-refractivity contribution in [1.29, 1.82) is 0 Å². The Morgan fingerprint density at radius 2 is 1.71 bits per heavy atom. The van der Waals surface area contributed by atoms with Crippen LogP contribution >= 0.6 is 0 Å². The van der Waals surface area contributed by atoms with E-state index in [2.05, 4.69) is 35.0 Å². The number of esters is 1. The van der Waals surface area contributed by atoms with Crippen molar-refractivity contribution in [1.82, 2.24) is 5.32 Å². The highest BCUT2D eigenvalue weighted by Crippen LogP contribution is 2.38. The van der Waals surface area contributed by atoms with Gasteiger partial charge in [0.15, 0.2) is 0 Å². The number of carbonyl (C=O) groups is 2. The first kappa shape index (κ1) is 23.3. The van der Waals surface area contributed by atoms with E-state index in [-0.39, 0.29) is 5.91 Å². The van der Waals surface area contributed by atoms with Crippen LogP contribution in [-0.4, -0.2) is 25.0 Å². The normalized spacial score (nSPS) is 13.8. The van der Waals surface area contributed by atoms with E-state index in [0.717, 1.165) is 36.3 Å². The van der Waals surface area contributed by atoms with Gasteiger partial charge in [0, 0.05) is 17.8 Å². The number of anilines is 2. The summed E-state index contributed by atoms with van der Waals surface area (Å²) in [6, 6.07) is 23.1. The smallest absolute Gasteiger partial charge is 0.338 e. The van der Waals surface area contributed by atoms with Gasteiger partial charge in [0.25, 0.3) is 5.91 Å². The summed E-state index contributed by atoms with van der Waals surface area (Å²) in [5.41, 5.74) is 5.96. The van der Waals surface area contributed by atoms with Crippen molar-refractivity contribution in [3.8, 4) is 0 Å². The largest absolute Gasteiger partial charge is 0.462 e. The van der Waals surface area contributed by atoms with Crippen molar-refractivity contribution in [2.75, 3.05) is 23.8 Å². The van der Waals surface area contributed by atoms with Crippen molar-refractivity contribution in [2.45, 2.75) is 26.8 Å². The molecule has 1 amide bonds. The molecule has 0 bridgehead atoms. The van der Waals surface area contributed by atoms with E-state index in [1.165, 1.54) is 5.56 Å². The molecule has 0 radical (unpaired) electrons. The van der Waals surface area contributed by atoms with Crippen LogP contribution < -0.4 is 16.0 Å². The number of hydrogen-bond donors (Lipinski definition) is 3. The number of nitrogens with one attached hydrogen (secondary N) is 3. The fraction of sp³-hybridized carbons (Fsp3) is 0.214. The van der Waals surface area contributed by atoms with E-state index in [4.69, 9.17) is 4.74 Å². The van der Waals surface area contributed by atoms with Crippen LogP contribution in [0.5, 0.6) is 0 Å². The van der Waals surface area contributed by atoms with Gasteiger partial charge >= 0.3 is 5.97 Å². The number of benzene rings is 3. The Morgan fingerprint density at radius 1 is 0.941 bits per heavy atom. The van der Waals surface area contributed by atoms with E-state index >= 15 is 0 Å².